The number of hydrogen-bond acceptors (Lipinski definition) is 23. The van der Waals surface area contributed by atoms with Gasteiger partial charge < -0.3 is 89.3 Å². The number of thiazole rings is 2. The molecule has 6 fully saturated rings. The van der Waals surface area contributed by atoms with Crippen molar-refractivity contribution >= 4 is 118 Å². The van der Waals surface area contributed by atoms with E-state index in [1.54, 1.807) is 115 Å². The summed E-state index contributed by atoms with van der Waals surface area (Å²) in [4.78, 5) is 160. The summed E-state index contributed by atoms with van der Waals surface area (Å²) in [5.41, 5.74) is 1.20. The number of fused-ring (bicyclic) bond motifs is 2. The molecule has 6 heterocycles. The second kappa shape index (κ2) is 33.9. The normalized spacial score (nSPS) is 23.4. The average molecular weight is 1630 g/mol. The molecule has 4 saturated carbocycles. The molecule has 604 valence electrons. The molecule has 112 heavy (non-hydrogen) atoms. The van der Waals surface area contributed by atoms with Crippen molar-refractivity contribution in [1.29, 1.82) is 0 Å². The summed E-state index contributed by atoms with van der Waals surface area (Å²) < 4.78 is 66.9. The van der Waals surface area contributed by atoms with Crippen LogP contribution < -0.4 is 50.8 Å². The zero-order valence-electron chi connectivity index (χ0n) is 64.4. The molecular formula is C76H98N12O20P2S2. The topological polar surface area (TPSA) is 426 Å². The summed E-state index contributed by atoms with van der Waals surface area (Å²) in [6.45, 7) is 22.3. The summed E-state index contributed by atoms with van der Waals surface area (Å²) in [5.74, 6) is -2.47. The van der Waals surface area contributed by atoms with Crippen LogP contribution in [0.5, 0.6) is 23.0 Å². The van der Waals surface area contributed by atoms with Gasteiger partial charge in [0, 0.05) is 84.3 Å². The lowest BCUT2D eigenvalue weighted by atomic mass is 9.85. The number of pyridine rings is 2. The first-order valence-corrected chi connectivity index (χ1v) is 42.1. The molecule has 32 nitrogen and oxygen atoms in total. The Morgan fingerprint density at radius 3 is 1.33 bits per heavy atom. The number of carbonyl (C=O) groups is 8. The Balaban J connectivity index is 0.000000222. The lowest BCUT2D eigenvalue weighted by Gasteiger charge is -2.35. The van der Waals surface area contributed by atoms with E-state index >= 15 is 0 Å². The molecule has 6 aromatic rings. The Hall–Kier alpha value is -9.14. The standard InChI is InChI=1S/C39H51N6O10PS.C37H47N6O10PS/c1-8-23-19-39(23,56(50,51)53-9-2)44-34(47)31-17-26(20-45(31)35(48)33(38(4,5)6)43-37(49)55-24-12-10-11-13-24)54-32-18-29(30-21-57-36(42-30)40-22(3)46)41-28-16-25(52-7)14-15-27(28)32;1-7-21-17-37(21,54(48,49)50)42-32(45)29-15-24(18-43(29)33(46)31(36(3,4)5)41-35(47)53-22-10-8-9-11-22)52-30-16-27(28-19-55-34(40-28)38-20(2)44)39-26-14-23(51-6)12-13-25(26)30/h8,14-16,18,21,23-24,26,31,33H,1,9-13,17,19-20H2,2-7H3,(H,43,49)(H,44,47)(H,50,51)(H,40,42,46);7,12-14,16,19,21-22,24,29,31H,1,8-11,15,17-18H2,2-6H3,(H,41,47)(H,42,45)(H,38,40,44)(H2,48,49,50)/t23-,26-,31+,33-,39+;21-,24-,29+,31-,37+/m11/s1. The van der Waals surface area contributed by atoms with E-state index in [0.717, 1.165) is 51.4 Å². The van der Waals surface area contributed by atoms with E-state index < -0.39 is 121 Å². The van der Waals surface area contributed by atoms with Gasteiger partial charge in [0.25, 0.3) is 0 Å². The van der Waals surface area contributed by atoms with Crippen LogP contribution in [0, 0.1) is 22.7 Å². The van der Waals surface area contributed by atoms with Crippen LogP contribution >= 0.6 is 37.9 Å². The SMILES string of the molecule is C=C[C@@H]1C[C@]1(NC(=O)[C@@H]1C[C@@H](Oc2cc(-c3csc(NC(C)=O)n3)nc3cc(OC)ccc23)CN1C(=O)[C@@H](NC(=O)OC1CCCC1)C(C)(C)C)P(=O)(O)O.C=C[C@@H]1C[C@]1(NC(=O)[C@@H]1C[C@@H](Oc2cc(-c3csc(NC(C)=O)n3)nc3cc(OC)ccc23)CN1C(=O)[C@@H](NC(=O)OC1CCCC1)C(C)(C)C)P(=O)(O)OCC. The van der Waals surface area contributed by atoms with Gasteiger partial charge in [-0.2, -0.15) is 0 Å². The molecular weight excluding hydrogens is 1530 g/mol. The number of nitrogens with one attached hydrogen (secondary N) is 6. The minimum atomic E-state index is -4.85. The minimum Gasteiger partial charge on any atom is -0.497 e. The molecule has 2 saturated heterocycles. The van der Waals surface area contributed by atoms with Gasteiger partial charge in [0.05, 0.1) is 56.3 Å². The fourth-order valence-electron chi connectivity index (χ4n) is 14.7. The third-order valence-corrected chi connectivity index (χ3v) is 26.2. The van der Waals surface area contributed by atoms with Gasteiger partial charge in [-0.25, -0.2) is 29.5 Å². The van der Waals surface area contributed by atoms with Crippen LogP contribution in [-0.4, -0.2) is 185 Å². The van der Waals surface area contributed by atoms with Crippen molar-refractivity contribution < 1.29 is 95.1 Å². The number of alkyl carbamates (subject to hydrolysis) is 2. The smallest absolute Gasteiger partial charge is 0.408 e. The number of nitrogens with zero attached hydrogens (tertiary/aromatic N) is 6. The van der Waals surface area contributed by atoms with Gasteiger partial charge >= 0.3 is 27.4 Å². The quantitative estimate of drug-likeness (QED) is 0.0180. The number of aromatic nitrogens is 4. The summed E-state index contributed by atoms with van der Waals surface area (Å²) in [7, 11) is -6.16. The maximum atomic E-state index is 14.7. The molecule has 8 amide bonds. The molecule has 11 atom stereocenters. The van der Waals surface area contributed by atoms with Crippen LogP contribution in [0.1, 0.15) is 139 Å². The van der Waals surface area contributed by atoms with Gasteiger partial charge in [0.15, 0.2) is 10.3 Å². The fraction of sp³-hybridized carbons (Fsp3) is 0.526. The number of ether oxygens (including phenoxy) is 6. The van der Waals surface area contributed by atoms with E-state index in [2.05, 4.69) is 55.0 Å². The Kier molecular flexibility index (Phi) is 25.4. The lowest BCUT2D eigenvalue weighted by Crippen LogP contribution is -2.58. The molecule has 2 aliphatic heterocycles. The van der Waals surface area contributed by atoms with Crippen molar-refractivity contribution in [2.75, 3.05) is 44.5 Å². The average Bonchev–Trinajstić information content (AvgIpc) is 1.56. The van der Waals surface area contributed by atoms with Crippen LogP contribution in [0.15, 0.2) is 84.6 Å². The second-order valence-electron chi connectivity index (χ2n) is 31.1. The van der Waals surface area contributed by atoms with E-state index in [-0.39, 0.29) is 69.4 Å². The number of benzene rings is 2. The molecule has 2 aromatic carbocycles. The van der Waals surface area contributed by atoms with Gasteiger partial charge in [0.2, 0.25) is 35.4 Å². The summed E-state index contributed by atoms with van der Waals surface area (Å²) in [5, 5.41) is 18.3. The van der Waals surface area contributed by atoms with Crippen LogP contribution in [0.4, 0.5) is 19.9 Å². The summed E-state index contributed by atoms with van der Waals surface area (Å²) >= 11 is 2.46. The monoisotopic (exact) mass is 1620 g/mol. The molecule has 6 aliphatic rings. The summed E-state index contributed by atoms with van der Waals surface area (Å²) in [6, 6.07) is 9.30. The third kappa shape index (κ3) is 18.9. The molecule has 0 bridgehead atoms. The van der Waals surface area contributed by atoms with Crippen molar-refractivity contribution in [2.45, 2.75) is 199 Å². The van der Waals surface area contributed by atoms with E-state index in [0.29, 0.717) is 77.8 Å². The number of methoxy groups -OCH3 is 2. The maximum absolute atomic E-state index is 14.7. The molecule has 36 heteroatoms. The highest BCUT2D eigenvalue weighted by Gasteiger charge is 2.68. The van der Waals surface area contributed by atoms with E-state index in [9.17, 15) is 62.2 Å². The molecule has 1 unspecified atom stereocenters. The third-order valence-electron chi connectivity index (χ3n) is 20.8. The lowest BCUT2D eigenvalue weighted by molar-refractivity contribution is -0.142. The van der Waals surface area contributed by atoms with Crippen LogP contribution in [0.25, 0.3) is 44.6 Å². The van der Waals surface area contributed by atoms with Crippen molar-refractivity contribution in [3.8, 4) is 45.8 Å². The van der Waals surface area contributed by atoms with Crippen molar-refractivity contribution in [2.24, 2.45) is 22.7 Å². The first-order valence-electron chi connectivity index (χ1n) is 37.2. The number of hydrogen-bond donors (Lipinski definition) is 9. The summed E-state index contributed by atoms with van der Waals surface area (Å²) in [6.07, 6.45) is 6.21. The van der Waals surface area contributed by atoms with Crippen molar-refractivity contribution in [3.05, 3.63) is 84.6 Å². The highest BCUT2D eigenvalue weighted by molar-refractivity contribution is 7.55. The highest BCUT2D eigenvalue weighted by Crippen LogP contribution is 2.70. The van der Waals surface area contributed by atoms with Gasteiger partial charge in [-0.05, 0) is 106 Å². The first-order chi connectivity index (χ1) is 52.9. The molecule has 4 aliphatic carbocycles. The highest BCUT2D eigenvalue weighted by atomic mass is 32.1. The zero-order chi connectivity index (χ0) is 81.2. The number of anilines is 2. The maximum Gasteiger partial charge on any atom is 0.408 e. The Morgan fingerprint density at radius 1 is 0.589 bits per heavy atom. The van der Waals surface area contributed by atoms with Gasteiger partial charge in [0.1, 0.15) is 93.5 Å². The Morgan fingerprint density at radius 2 is 0.982 bits per heavy atom. The predicted octanol–water partition coefficient (Wildman–Crippen LogP) is 11.0. The van der Waals surface area contributed by atoms with Crippen LogP contribution in [0.2, 0.25) is 0 Å². The number of amides is 8. The Labute approximate surface area is 656 Å². The molecule has 4 aromatic heterocycles. The van der Waals surface area contributed by atoms with Gasteiger partial charge in [-0.3, -0.25) is 37.9 Å². The molecule has 9 N–H and O–H groups in total. The second-order valence-corrected chi connectivity index (χ2v) is 36.8. The van der Waals surface area contributed by atoms with E-state index in [1.165, 1.54) is 65.6 Å². The van der Waals surface area contributed by atoms with Crippen LogP contribution in [0.3, 0.4) is 0 Å². The molecule has 12 rings (SSSR count). The zero-order valence-corrected chi connectivity index (χ0v) is 67.8. The molecule has 0 spiro atoms. The minimum absolute atomic E-state index is 0.00115. The number of carbonyl (C=O) groups excluding carboxylic acids is 8. The van der Waals surface area contributed by atoms with Gasteiger partial charge in [-0.15, -0.1) is 35.8 Å². The van der Waals surface area contributed by atoms with Crippen molar-refractivity contribution in [3.63, 3.8) is 0 Å². The number of rotatable bonds is 26. The van der Waals surface area contributed by atoms with E-state index in [4.69, 9.17) is 42.9 Å². The molecule has 0 radical (unpaired) electrons. The number of likely N-dealkylation sites (tertiary alicyclic amines) is 2. The first kappa shape index (κ1) is 83.8. The van der Waals surface area contributed by atoms with E-state index in [1.807, 2.05) is 0 Å². The van der Waals surface area contributed by atoms with Gasteiger partial charge in [-0.1, -0.05) is 53.7 Å². The largest absolute Gasteiger partial charge is 0.497 e. The Bertz CT molecular complexity index is 4700. The fourth-order valence-corrected chi connectivity index (χ4v) is 19.2. The van der Waals surface area contributed by atoms with Crippen LogP contribution in [-0.2, 0) is 51.9 Å². The predicted molar refractivity (Wildman–Crippen MR) is 419 cm³/mol. The van der Waals surface area contributed by atoms with Crippen molar-refractivity contribution in [1.82, 2.24) is 51.0 Å².